The number of carboxylic acid groups (broad SMARTS) is 2. The minimum Gasteiger partial charge on any atom is -0.569 e. The number of nitrogens with one attached hydrogen (secondary N) is 2. The molecule has 0 bridgehead atoms. The molecule has 19 heteroatoms. The van der Waals surface area contributed by atoms with Crippen LogP contribution < -0.4 is 16.4 Å². The molecule has 0 aliphatic rings. The molecule has 3 atom stereocenters. The Kier molecular flexibility index (Phi) is 15.7. The van der Waals surface area contributed by atoms with E-state index in [-0.39, 0.29) is 41.8 Å². The summed E-state index contributed by atoms with van der Waals surface area (Å²) in [5.41, 5.74) is 5.56. The number of hydrogen-bond acceptors (Lipinski definition) is 10. The zero-order valence-electron chi connectivity index (χ0n) is 21.7. The molecule has 2 amide bonds. The van der Waals surface area contributed by atoms with Crippen molar-refractivity contribution in [1.82, 2.24) is 15.6 Å². The van der Waals surface area contributed by atoms with Crippen LogP contribution in [0.2, 0.25) is 0 Å². The van der Waals surface area contributed by atoms with E-state index in [1.165, 1.54) is 24.3 Å². The number of carbonyl (C=O) groups excluding carboxylic acids is 2. The first-order valence-electron chi connectivity index (χ1n) is 12.0. The molecule has 0 aromatic heterocycles. The summed E-state index contributed by atoms with van der Waals surface area (Å²) in [6.45, 7) is -0.414. The fraction of sp³-hybridized carbons (Fsp3) is 0.545. The van der Waals surface area contributed by atoms with Gasteiger partial charge in [0, 0.05) is 18.2 Å². The van der Waals surface area contributed by atoms with Crippen molar-refractivity contribution in [3.8, 4) is 0 Å². The van der Waals surface area contributed by atoms with Crippen molar-refractivity contribution in [3.63, 3.8) is 0 Å². The molecule has 16 nitrogen and oxygen atoms in total. The van der Waals surface area contributed by atoms with Crippen molar-refractivity contribution in [3.05, 3.63) is 41.1 Å². The molecule has 0 aliphatic carbocycles. The third kappa shape index (κ3) is 13.7. The number of nitrogens with zero attached hydrogens (tertiary/aromatic N) is 3. The highest BCUT2D eigenvalue weighted by Gasteiger charge is 2.31. The Bertz CT molecular complexity index is 1150. The molecule has 41 heavy (non-hydrogen) atoms. The maximum atomic E-state index is 13.0. The van der Waals surface area contributed by atoms with Crippen molar-refractivity contribution in [2.24, 2.45) is 11.0 Å². The van der Waals surface area contributed by atoms with Crippen LogP contribution in [0.15, 0.2) is 35.6 Å². The summed E-state index contributed by atoms with van der Waals surface area (Å²) in [6, 6.07) is 2.83. The van der Waals surface area contributed by atoms with Gasteiger partial charge in [-0.05, 0) is 12.0 Å². The molecule has 1 rings (SSSR count). The van der Waals surface area contributed by atoms with Gasteiger partial charge in [-0.3, -0.25) is 14.4 Å². The summed E-state index contributed by atoms with van der Waals surface area (Å²) in [4.78, 5) is 53.0. The van der Waals surface area contributed by atoms with Gasteiger partial charge in [-0.2, -0.15) is 0 Å². The second kappa shape index (κ2) is 18.1. The third-order valence-electron chi connectivity index (χ3n) is 5.28. The molecule has 0 unspecified atom stereocenters. The Morgan fingerprint density at radius 3 is 2.22 bits per heavy atom. The van der Waals surface area contributed by atoms with Gasteiger partial charge in [-0.1, -0.05) is 30.3 Å². The Morgan fingerprint density at radius 1 is 1.07 bits per heavy atom. The quantitative estimate of drug-likeness (QED) is 0.0401. The molecule has 1 aromatic carbocycles. The minimum absolute atomic E-state index is 0.0608. The molecule has 0 fully saturated rings. The lowest BCUT2D eigenvalue weighted by molar-refractivity contribution is -0.709. The molecule has 1 aromatic rings. The summed E-state index contributed by atoms with van der Waals surface area (Å²) in [5, 5.41) is 39.2. The molecule has 0 saturated carbocycles. The second-order valence-electron chi connectivity index (χ2n) is 8.41. The summed E-state index contributed by atoms with van der Waals surface area (Å²) in [5.74, 6) is -6.37. The average molecular weight is 644 g/mol. The van der Waals surface area contributed by atoms with E-state index in [9.17, 15) is 37.9 Å². The molecular weight excluding hydrogens is 611 g/mol. The van der Waals surface area contributed by atoms with Crippen molar-refractivity contribution >= 4 is 56.8 Å². The number of aliphatic carboxylic acids is 2. The number of halogens is 2. The molecular formula is C22H32Cl2N6O10S. The highest BCUT2D eigenvalue weighted by molar-refractivity contribution is 7.91. The van der Waals surface area contributed by atoms with Crippen LogP contribution in [0.3, 0.4) is 0 Å². The van der Waals surface area contributed by atoms with Crippen LogP contribution in [0.25, 0.3) is 0 Å². The molecule has 0 saturated heterocycles. The zero-order valence-corrected chi connectivity index (χ0v) is 24.1. The first kappa shape index (κ1) is 35.6. The first-order valence-corrected chi connectivity index (χ1v) is 14.9. The maximum absolute atomic E-state index is 13.0. The number of amides is 2. The minimum atomic E-state index is -4.18. The van der Waals surface area contributed by atoms with E-state index in [1.807, 2.05) is 0 Å². The SMILES string of the molecule is N[C@@H](CCC(=O)N[C@@H](CS(=O)(=O)CCO/N=[N+](\[O-])N(CCCl)CCCl)C(=O)N[C@@H](C(=O)O)c1ccccc1)C(=O)O. The van der Waals surface area contributed by atoms with Crippen molar-refractivity contribution in [2.45, 2.75) is 31.0 Å². The van der Waals surface area contributed by atoms with Crippen LogP contribution in [-0.4, -0.2) is 107 Å². The van der Waals surface area contributed by atoms with E-state index < -0.39 is 76.2 Å². The molecule has 0 aliphatic heterocycles. The van der Waals surface area contributed by atoms with Gasteiger partial charge in [0.15, 0.2) is 15.9 Å². The molecule has 6 N–H and O–H groups in total. The van der Waals surface area contributed by atoms with E-state index in [0.29, 0.717) is 0 Å². The zero-order chi connectivity index (χ0) is 31.0. The van der Waals surface area contributed by atoms with Crippen LogP contribution >= 0.6 is 23.2 Å². The van der Waals surface area contributed by atoms with Gasteiger partial charge in [-0.15, -0.1) is 28.2 Å². The van der Waals surface area contributed by atoms with Crippen LogP contribution in [0.5, 0.6) is 0 Å². The van der Waals surface area contributed by atoms with Crippen LogP contribution in [0, 0.1) is 5.21 Å². The van der Waals surface area contributed by atoms with Gasteiger partial charge < -0.3 is 36.6 Å². The van der Waals surface area contributed by atoms with Crippen molar-refractivity contribution in [2.75, 3.05) is 43.0 Å². The number of alkyl halides is 2. The number of sulfone groups is 1. The number of hydrazine groups is 1. The smallest absolute Gasteiger partial charge is 0.330 e. The van der Waals surface area contributed by atoms with Gasteiger partial charge >= 0.3 is 11.9 Å². The lowest BCUT2D eigenvalue weighted by atomic mass is 10.1. The summed E-state index contributed by atoms with van der Waals surface area (Å²) in [6.07, 6.45) is -0.768. The number of carboxylic acids is 2. The first-order chi connectivity index (χ1) is 19.3. The summed E-state index contributed by atoms with van der Waals surface area (Å²) < 4.78 is 25.5. The summed E-state index contributed by atoms with van der Waals surface area (Å²) >= 11 is 11.2. The lowest BCUT2D eigenvalue weighted by Gasteiger charge is -2.22. The van der Waals surface area contributed by atoms with E-state index >= 15 is 0 Å². The van der Waals surface area contributed by atoms with Gasteiger partial charge in [0.25, 0.3) is 0 Å². The molecule has 230 valence electrons. The number of hydrogen-bond donors (Lipinski definition) is 5. The van der Waals surface area contributed by atoms with Gasteiger partial charge in [0.1, 0.15) is 18.7 Å². The van der Waals surface area contributed by atoms with Crippen molar-refractivity contribution < 1.29 is 47.6 Å². The Balaban J connectivity index is 3.00. The Hall–Kier alpha value is -3.41. The summed E-state index contributed by atoms with van der Waals surface area (Å²) in [7, 11) is -4.18. The Morgan fingerprint density at radius 2 is 1.68 bits per heavy atom. The van der Waals surface area contributed by atoms with Gasteiger partial charge in [0.2, 0.25) is 17.1 Å². The predicted molar refractivity (Wildman–Crippen MR) is 145 cm³/mol. The van der Waals surface area contributed by atoms with Crippen molar-refractivity contribution in [1.29, 1.82) is 0 Å². The highest BCUT2D eigenvalue weighted by atomic mass is 35.5. The fourth-order valence-electron chi connectivity index (χ4n) is 3.16. The normalized spacial score (nSPS) is 13.9. The van der Waals surface area contributed by atoms with E-state index in [1.54, 1.807) is 6.07 Å². The second-order valence-corrected chi connectivity index (χ2v) is 11.4. The van der Waals surface area contributed by atoms with Gasteiger partial charge in [0.05, 0.1) is 29.6 Å². The molecule has 0 heterocycles. The van der Waals surface area contributed by atoms with Crippen LogP contribution in [-0.2, 0) is 33.9 Å². The average Bonchev–Trinajstić information content (AvgIpc) is 2.92. The lowest BCUT2D eigenvalue weighted by Crippen LogP contribution is -2.52. The largest absolute Gasteiger partial charge is 0.569 e. The molecule has 0 radical (unpaired) electrons. The Labute approximate surface area is 245 Å². The van der Waals surface area contributed by atoms with E-state index in [4.69, 9.17) is 38.9 Å². The molecule has 0 spiro atoms. The van der Waals surface area contributed by atoms with Crippen LogP contribution in [0.4, 0.5) is 0 Å². The third-order valence-corrected chi connectivity index (χ3v) is 7.25. The number of carbonyl (C=O) groups is 4. The predicted octanol–water partition coefficient (Wildman–Crippen LogP) is -0.391. The monoisotopic (exact) mass is 642 g/mol. The number of nitrogens with two attached hydrogens (primary N) is 1. The van der Waals surface area contributed by atoms with E-state index in [0.717, 1.165) is 5.01 Å². The topological polar surface area (TPSA) is 244 Å². The highest BCUT2D eigenvalue weighted by Crippen LogP contribution is 2.13. The number of rotatable bonds is 20. The van der Waals surface area contributed by atoms with E-state index in [2.05, 4.69) is 15.9 Å². The standard InChI is InChI=1S/C22H32Cl2N6O10S/c23-8-10-29(11-9-24)30(37)28-40-12-13-41(38,39)14-17(26-18(31)7-6-16(25)21(33)34)20(32)27-19(22(35)36)15-4-2-1-3-5-15/h1-5,16-17,19H,6-14,25H2,(H,26,31)(H,27,32)(H,33,34)(H,35,36)/b30-28-/t16-,17-,19+/m0/s1. The maximum Gasteiger partial charge on any atom is 0.330 e. The fourth-order valence-corrected chi connectivity index (χ4v) is 4.78. The number of benzene rings is 1. The van der Waals surface area contributed by atoms with Crippen LogP contribution in [0.1, 0.15) is 24.4 Å². The van der Waals surface area contributed by atoms with Gasteiger partial charge in [-0.25, -0.2) is 13.2 Å².